The first-order valence-corrected chi connectivity index (χ1v) is 17.4. The Morgan fingerprint density at radius 1 is 1.06 bits per heavy atom. The van der Waals surface area contributed by atoms with Gasteiger partial charge in [-0.1, -0.05) is 18.3 Å². The Bertz CT molecular complexity index is 1470. The van der Waals surface area contributed by atoms with Crippen molar-refractivity contribution in [2.45, 2.75) is 36.4 Å². The Balaban J connectivity index is 1.29. The number of piperidine rings is 1. The molecule has 1 aliphatic rings. The van der Waals surface area contributed by atoms with E-state index in [1.807, 2.05) is 43.3 Å². The van der Waals surface area contributed by atoms with Crippen molar-refractivity contribution in [2.75, 3.05) is 104 Å². The predicted molar refractivity (Wildman–Crippen MR) is 195 cm³/mol. The zero-order chi connectivity index (χ0) is 34.1. The van der Waals surface area contributed by atoms with Crippen LogP contribution in [0.5, 0.6) is 5.75 Å². The van der Waals surface area contributed by atoms with Gasteiger partial charge in [0.05, 0.1) is 84.1 Å². The summed E-state index contributed by atoms with van der Waals surface area (Å²) in [7, 11) is 11.6. The SMILES string of the molecule is [B]CCn1c(C#CCNc2ccc(SN(C)CCOCCOCCOCCN)cc2OC)cc2c(NC3CCN(C)CC3F)cccc21. The number of likely N-dealkylation sites (tertiary alicyclic amines) is 1. The molecule has 0 saturated carbocycles. The lowest BCUT2D eigenvalue weighted by Crippen LogP contribution is -2.46. The standard InChI is InChI=1S/C35H50BFN6O4S/c1-41-15-11-32(30(37)26-41)40-31-7-4-8-34-29(31)24-27(43(34)16-12-36)6-5-14-39-33-10-9-28(25-35(33)44-3)48-42(2)17-19-46-21-23-47-22-20-45-18-13-38/h4,7-10,24-25,30,32,39-40H,11-23,26,38H2,1-3H3. The molecule has 2 radical (unpaired) electrons. The van der Waals surface area contributed by atoms with Gasteiger partial charge in [-0.3, -0.25) is 0 Å². The average Bonchev–Trinajstić information content (AvgIpc) is 3.43. The largest absolute Gasteiger partial charge is 0.495 e. The number of rotatable bonds is 20. The summed E-state index contributed by atoms with van der Waals surface area (Å²) in [5.41, 5.74) is 9.08. The Morgan fingerprint density at radius 2 is 1.83 bits per heavy atom. The minimum Gasteiger partial charge on any atom is -0.495 e. The number of alkyl halides is 1. The van der Waals surface area contributed by atoms with Gasteiger partial charge >= 0.3 is 0 Å². The summed E-state index contributed by atoms with van der Waals surface area (Å²) in [6.45, 7) is 6.98. The van der Waals surface area contributed by atoms with Crippen molar-refractivity contribution in [3.63, 3.8) is 0 Å². The molecule has 0 bridgehead atoms. The number of aryl methyl sites for hydroxylation is 1. The lowest BCUT2D eigenvalue weighted by atomic mass is 10.0. The number of anilines is 2. The van der Waals surface area contributed by atoms with Crippen LogP contribution in [0, 0.1) is 11.8 Å². The van der Waals surface area contributed by atoms with E-state index in [2.05, 4.69) is 49.5 Å². The molecule has 260 valence electrons. The molecule has 13 heteroatoms. The third-order valence-corrected chi connectivity index (χ3v) is 8.92. The molecule has 3 aromatic rings. The van der Waals surface area contributed by atoms with Crippen LogP contribution in [0.4, 0.5) is 15.8 Å². The second-order valence-electron chi connectivity index (χ2n) is 11.6. The van der Waals surface area contributed by atoms with Gasteiger partial charge in [-0.05, 0) is 74.8 Å². The third-order valence-electron chi connectivity index (χ3n) is 7.96. The second kappa shape index (κ2) is 20.5. The molecule has 1 aliphatic heterocycles. The maximum absolute atomic E-state index is 14.8. The fourth-order valence-electron chi connectivity index (χ4n) is 5.50. The molecule has 0 amide bonds. The van der Waals surface area contributed by atoms with Gasteiger partial charge in [0.1, 0.15) is 11.9 Å². The number of fused-ring (bicyclic) bond motifs is 1. The topological polar surface area (TPSA) is 98.4 Å². The zero-order valence-electron chi connectivity index (χ0n) is 28.5. The highest BCUT2D eigenvalue weighted by Gasteiger charge is 2.28. The molecule has 2 unspecified atom stereocenters. The molecule has 0 spiro atoms. The summed E-state index contributed by atoms with van der Waals surface area (Å²) in [5, 5.41) is 7.89. The summed E-state index contributed by atoms with van der Waals surface area (Å²) >= 11 is 1.63. The number of methoxy groups -OCH3 is 1. The minimum atomic E-state index is -0.921. The lowest BCUT2D eigenvalue weighted by Gasteiger charge is -2.33. The van der Waals surface area contributed by atoms with Gasteiger partial charge in [-0.2, -0.15) is 0 Å². The molecule has 2 heterocycles. The van der Waals surface area contributed by atoms with E-state index in [0.29, 0.717) is 72.1 Å². The number of hydrogen-bond acceptors (Lipinski definition) is 10. The van der Waals surface area contributed by atoms with Gasteiger partial charge in [0.15, 0.2) is 0 Å². The molecule has 2 aromatic carbocycles. The van der Waals surface area contributed by atoms with Crippen LogP contribution in [0.3, 0.4) is 0 Å². The number of nitrogens with two attached hydrogens (primary N) is 1. The quantitative estimate of drug-likeness (QED) is 0.0701. The van der Waals surface area contributed by atoms with Gasteiger partial charge in [0, 0.05) is 48.7 Å². The first kappa shape index (κ1) is 37.9. The van der Waals surface area contributed by atoms with Gasteiger partial charge in [0.25, 0.3) is 0 Å². The number of halogens is 1. The fraction of sp³-hybridized carbons (Fsp3) is 0.543. The van der Waals surface area contributed by atoms with Crippen LogP contribution in [-0.4, -0.2) is 127 Å². The lowest BCUT2D eigenvalue weighted by molar-refractivity contribution is 0.0152. The number of aromatic nitrogens is 1. The molecule has 1 fully saturated rings. The normalized spacial score (nSPS) is 16.6. The van der Waals surface area contributed by atoms with E-state index in [0.717, 1.165) is 58.1 Å². The van der Waals surface area contributed by atoms with Crippen LogP contribution < -0.4 is 21.1 Å². The Hall–Kier alpha value is -2.96. The number of benzene rings is 2. The van der Waals surface area contributed by atoms with Crippen molar-refractivity contribution in [1.82, 2.24) is 13.8 Å². The molecule has 4 rings (SSSR count). The highest BCUT2D eigenvalue weighted by Crippen LogP contribution is 2.32. The van der Waals surface area contributed by atoms with E-state index >= 15 is 0 Å². The van der Waals surface area contributed by atoms with Crippen LogP contribution >= 0.6 is 11.9 Å². The second-order valence-corrected chi connectivity index (χ2v) is 12.9. The van der Waals surface area contributed by atoms with Crippen LogP contribution in [0.25, 0.3) is 10.9 Å². The Kier molecular flexibility index (Phi) is 16.2. The molecule has 1 saturated heterocycles. The van der Waals surface area contributed by atoms with E-state index < -0.39 is 6.17 Å². The van der Waals surface area contributed by atoms with E-state index in [9.17, 15) is 4.39 Å². The van der Waals surface area contributed by atoms with E-state index in [1.165, 1.54) is 0 Å². The molecule has 4 N–H and O–H groups in total. The van der Waals surface area contributed by atoms with E-state index in [1.54, 1.807) is 19.1 Å². The van der Waals surface area contributed by atoms with Gasteiger partial charge < -0.3 is 44.8 Å². The summed E-state index contributed by atoms with van der Waals surface area (Å²) in [4.78, 5) is 3.09. The van der Waals surface area contributed by atoms with Crippen molar-refractivity contribution < 1.29 is 23.3 Å². The fourth-order valence-corrected chi connectivity index (χ4v) is 6.31. The minimum absolute atomic E-state index is 0.216. The monoisotopic (exact) mass is 680 g/mol. The molecule has 1 aromatic heterocycles. The Morgan fingerprint density at radius 3 is 2.56 bits per heavy atom. The number of nitrogens with one attached hydrogen (secondary N) is 2. The maximum atomic E-state index is 14.8. The molecular weight excluding hydrogens is 630 g/mol. The van der Waals surface area contributed by atoms with Crippen molar-refractivity contribution in [1.29, 1.82) is 0 Å². The van der Waals surface area contributed by atoms with Crippen molar-refractivity contribution in [2.24, 2.45) is 5.73 Å². The summed E-state index contributed by atoms with van der Waals surface area (Å²) in [6, 6.07) is 14.0. The molecule has 2 atom stereocenters. The number of nitrogens with zero attached hydrogens (tertiary/aromatic N) is 3. The third kappa shape index (κ3) is 11.6. The highest BCUT2D eigenvalue weighted by molar-refractivity contribution is 7.97. The van der Waals surface area contributed by atoms with Gasteiger partial charge in [-0.25, -0.2) is 8.70 Å². The van der Waals surface area contributed by atoms with Crippen LogP contribution in [-0.2, 0) is 20.8 Å². The van der Waals surface area contributed by atoms with Gasteiger partial charge in [0.2, 0.25) is 0 Å². The number of likely N-dealkylation sites (N-methyl/N-ethyl adjacent to an activating group) is 1. The van der Waals surface area contributed by atoms with Crippen LogP contribution in [0.1, 0.15) is 12.1 Å². The number of ether oxygens (including phenoxy) is 4. The average molecular weight is 681 g/mol. The zero-order valence-corrected chi connectivity index (χ0v) is 29.3. The molecule has 48 heavy (non-hydrogen) atoms. The molecule has 0 aliphatic carbocycles. The first-order valence-electron chi connectivity index (χ1n) is 16.6. The van der Waals surface area contributed by atoms with Crippen LogP contribution in [0.2, 0.25) is 6.32 Å². The van der Waals surface area contributed by atoms with Crippen molar-refractivity contribution in [3.05, 3.63) is 48.2 Å². The maximum Gasteiger partial charge on any atom is 0.143 e. The Labute approximate surface area is 290 Å². The van der Waals surface area contributed by atoms with E-state index in [4.69, 9.17) is 32.5 Å². The highest BCUT2D eigenvalue weighted by atomic mass is 32.2. The predicted octanol–water partition coefficient (Wildman–Crippen LogP) is 4.10. The summed E-state index contributed by atoms with van der Waals surface area (Å²) < 4.78 is 41.2. The molecular formula is C35H50BFN6O4S. The number of hydrogen-bond donors (Lipinski definition) is 3. The van der Waals surface area contributed by atoms with Gasteiger partial charge in [-0.15, -0.1) is 0 Å². The van der Waals surface area contributed by atoms with E-state index in [-0.39, 0.29) is 6.04 Å². The van der Waals surface area contributed by atoms with Crippen LogP contribution in [0.15, 0.2) is 47.4 Å². The van der Waals surface area contributed by atoms with Crippen molar-refractivity contribution in [3.8, 4) is 17.6 Å². The van der Waals surface area contributed by atoms with Crippen molar-refractivity contribution >= 4 is 42.1 Å². The summed E-state index contributed by atoms with van der Waals surface area (Å²) in [6.07, 6.45) is 0.325. The smallest absolute Gasteiger partial charge is 0.143 e. The molecule has 10 nitrogen and oxygen atoms in total. The first-order chi connectivity index (χ1) is 23.4. The summed E-state index contributed by atoms with van der Waals surface area (Å²) in [5.74, 6) is 7.33.